The lowest BCUT2D eigenvalue weighted by molar-refractivity contribution is -0.147. The smallest absolute Gasteiger partial charge is 0.303 e. The Kier molecular flexibility index (Phi) is 4.14. The largest absolute Gasteiger partial charge is 0.458 e. The highest BCUT2D eigenvalue weighted by molar-refractivity contribution is 5.66. The molecule has 0 heterocycles. The van der Waals surface area contributed by atoms with E-state index in [1.807, 2.05) is 20.8 Å². The van der Waals surface area contributed by atoms with E-state index >= 15 is 0 Å². The topological polar surface area (TPSA) is 46.5 Å². The van der Waals surface area contributed by atoms with Gasteiger partial charge in [0.25, 0.3) is 0 Å². The summed E-state index contributed by atoms with van der Waals surface area (Å²) in [5.41, 5.74) is 0.425. The fourth-order valence-corrected chi connectivity index (χ4v) is 2.14. The molecule has 1 N–H and O–H groups in total. The summed E-state index contributed by atoms with van der Waals surface area (Å²) >= 11 is 0. The average molecular weight is 226 g/mol. The van der Waals surface area contributed by atoms with E-state index in [0.29, 0.717) is 0 Å². The van der Waals surface area contributed by atoms with E-state index in [2.05, 4.69) is 6.08 Å². The van der Waals surface area contributed by atoms with Crippen LogP contribution in [0.1, 0.15) is 47.0 Å². The Morgan fingerprint density at radius 1 is 1.69 bits per heavy atom. The van der Waals surface area contributed by atoms with E-state index in [0.717, 1.165) is 24.8 Å². The maximum atomic E-state index is 11.0. The van der Waals surface area contributed by atoms with Crippen LogP contribution in [0.5, 0.6) is 0 Å². The molecule has 3 nitrogen and oxygen atoms in total. The van der Waals surface area contributed by atoms with E-state index in [-0.39, 0.29) is 18.0 Å². The number of hydrogen-bond acceptors (Lipinski definition) is 3. The maximum absolute atomic E-state index is 11.0. The van der Waals surface area contributed by atoms with Crippen molar-refractivity contribution in [3.8, 4) is 0 Å². The lowest BCUT2D eigenvalue weighted by atomic mass is 9.76. The second kappa shape index (κ2) is 5.00. The second-order valence-electron chi connectivity index (χ2n) is 4.93. The molecule has 0 aromatic carbocycles. The molecule has 3 unspecified atom stereocenters. The monoisotopic (exact) mass is 226 g/mol. The van der Waals surface area contributed by atoms with Gasteiger partial charge in [-0.1, -0.05) is 13.0 Å². The summed E-state index contributed by atoms with van der Waals surface area (Å²) in [7, 11) is 0. The summed E-state index contributed by atoms with van der Waals surface area (Å²) in [6, 6.07) is 0. The normalized spacial score (nSPS) is 29.2. The van der Waals surface area contributed by atoms with Crippen molar-refractivity contribution >= 4 is 5.97 Å². The molecular weight excluding hydrogens is 204 g/mol. The van der Waals surface area contributed by atoms with Gasteiger partial charge in [0.15, 0.2) is 0 Å². The predicted molar refractivity (Wildman–Crippen MR) is 62.9 cm³/mol. The SMILES string of the molecule is CCC(C)(O)C1CC=C(C)C(OC(C)=O)C1. The summed E-state index contributed by atoms with van der Waals surface area (Å²) in [6.45, 7) is 7.24. The Bertz CT molecular complexity index is 292. The number of carbonyl (C=O) groups is 1. The van der Waals surface area contributed by atoms with Gasteiger partial charge in [-0.25, -0.2) is 0 Å². The van der Waals surface area contributed by atoms with Crippen LogP contribution in [0.15, 0.2) is 11.6 Å². The van der Waals surface area contributed by atoms with Crippen molar-refractivity contribution in [2.45, 2.75) is 58.7 Å². The maximum Gasteiger partial charge on any atom is 0.303 e. The number of hydrogen-bond donors (Lipinski definition) is 1. The first-order valence-electron chi connectivity index (χ1n) is 5.93. The van der Waals surface area contributed by atoms with Crippen molar-refractivity contribution in [2.75, 3.05) is 0 Å². The van der Waals surface area contributed by atoms with Crippen molar-refractivity contribution in [3.05, 3.63) is 11.6 Å². The standard InChI is InChI=1S/C13H22O3/c1-5-13(4,15)11-7-6-9(2)12(8-11)16-10(3)14/h6,11-12,15H,5,7-8H2,1-4H3. The number of rotatable bonds is 3. The molecule has 0 saturated carbocycles. The molecule has 0 amide bonds. The van der Waals surface area contributed by atoms with E-state index < -0.39 is 5.60 Å². The third-order valence-corrected chi connectivity index (χ3v) is 3.63. The molecule has 92 valence electrons. The van der Waals surface area contributed by atoms with E-state index in [4.69, 9.17) is 4.74 Å². The summed E-state index contributed by atoms with van der Waals surface area (Å²) in [5, 5.41) is 10.2. The fourth-order valence-electron chi connectivity index (χ4n) is 2.14. The van der Waals surface area contributed by atoms with Crippen LogP contribution in [0.3, 0.4) is 0 Å². The molecule has 1 aliphatic rings. The summed E-state index contributed by atoms with van der Waals surface area (Å²) < 4.78 is 5.26. The molecule has 1 rings (SSSR count). The molecule has 3 atom stereocenters. The van der Waals surface area contributed by atoms with Gasteiger partial charge >= 0.3 is 5.97 Å². The minimum absolute atomic E-state index is 0.158. The van der Waals surface area contributed by atoms with Gasteiger partial charge in [0, 0.05) is 6.92 Å². The van der Waals surface area contributed by atoms with Crippen LogP contribution >= 0.6 is 0 Å². The van der Waals surface area contributed by atoms with Crippen LogP contribution in [-0.2, 0) is 9.53 Å². The van der Waals surface area contributed by atoms with Gasteiger partial charge in [-0.05, 0) is 44.6 Å². The van der Waals surface area contributed by atoms with Crippen LogP contribution in [0, 0.1) is 5.92 Å². The molecule has 0 saturated heterocycles. The van der Waals surface area contributed by atoms with Gasteiger partial charge in [-0.15, -0.1) is 0 Å². The number of ether oxygens (including phenoxy) is 1. The number of aliphatic hydroxyl groups is 1. The van der Waals surface area contributed by atoms with Gasteiger partial charge in [-0.3, -0.25) is 4.79 Å². The van der Waals surface area contributed by atoms with Gasteiger partial charge in [0.1, 0.15) is 6.10 Å². The fraction of sp³-hybridized carbons (Fsp3) is 0.769. The molecule has 0 aromatic rings. The lowest BCUT2D eigenvalue weighted by Gasteiger charge is -2.37. The first-order valence-corrected chi connectivity index (χ1v) is 5.93. The number of esters is 1. The Hall–Kier alpha value is -0.830. The van der Waals surface area contributed by atoms with Crippen molar-refractivity contribution in [3.63, 3.8) is 0 Å². The van der Waals surface area contributed by atoms with E-state index in [9.17, 15) is 9.90 Å². The second-order valence-corrected chi connectivity index (χ2v) is 4.93. The molecule has 0 spiro atoms. The number of allylic oxidation sites excluding steroid dienone is 1. The molecule has 3 heteroatoms. The Labute approximate surface area is 97.5 Å². The molecule has 0 fully saturated rings. The molecule has 0 aromatic heterocycles. The van der Waals surface area contributed by atoms with Gasteiger partial charge in [0.05, 0.1) is 5.60 Å². The summed E-state index contributed by atoms with van der Waals surface area (Å²) in [6.07, 6.45) is 4.23. The van der Waals surface area contributed by atoms with Crippen LogP contribution < -0.4 is 0 Å². The van der Waals surface area contributed by atoms with Crippen LogP contribution in [-0.4, -0.2) is 22.8 Å². The minimum Gasteiger partial charge on any atom is -0.458 e. The number of carbonyl (C=O) groups excluding carboxylic acids is 1. The molecule has 0 radical (unpaired) electrons. The zero-order chi connectivity index (χ0) is 12.3. The van der Waals surface area contributed by atoms with Crippen molar-refractivity contribution in [1.29, 1.82) is 0 Å². The van der Waals surface area contributed by atoms with Crippen molar-refractivity contribution in [2.24, 2.45) is 5.92 Å². The van der Waals surface area contributed by atoms with Gasteiger partial charge in [0.2, 0.25) is 0 Å². The molecule has 0 aliphatic heterocycles. The van der Waals surface area contributed by atoms with Gasteiger partial charge < -0.3 is 9.84 Å². The summed E-state index contributed by atoms with van der Waals surface area (Å²) in [5.74, 6) is -0.0832. The Morgan fingerprint density at radius 2 is 2.31 bits per heavy atom. The average Bonchev–Trinajstić information content (AvgIpc) is 2.20. The first kappa shape index (κ1) is 13.2. The summed E-state index contributed by atoms with van der Waals surface area (Å²) in [4.78, 5) is 11.0. The third kappa shape index (κ3) is 3.08. The highest BCUT2D eigenvalue weighted by Crippen LogP contribution is 2.35. The molecule has 0 bridgehead atoms. The van der Waals surface area contributed by atoms with Gasteiger partial charge in [-0.2, -0.15) is 0 Å². The highest BCUT2D eigenvalue weighted by Gasteiger charge is 2.35. The molecule has 1 aliphatic carbocycles. The van der Waals surface area contributed by atoms with Crippen molar-refractivity contribution in [1.82, 2.24) is 0 Å². The van der Waals surface area contributed by atoms with Crippen LogP contribution in [0.2, 0.25) is 0 Å². The minimum atomic E-state index is -0.671. The van der Waals surface area contributed by atoms with E-state index in [1.54, 1.807) is 0 Å². The zero-order valence-electron chi connectivity index (χ0n) is 10.6. The predicted octanol–water partition coefficient (Wildman–Crippen LogP) is 2.44. The Morgan fingerprint density at radius 3 is 2.81 bits per heavy atom. The first-order chi connectivity index (χ1) is 7.36. The third-order valence-electron chi connectivity index (χ3n) is 3.63. The lowest BCUT2D eigenvalue weighted by Crippen LogP contribution is -2.39. The zero-order valence-corrected chi connectivity index (χ0v) is 10.6. The molecular formula is C13H22O3. The van der Waals surface area contributed by atoms with Crippen molar-refractivity contribution < 1.29 is 14.6 Å². The molecule has 16 heavy (non-hydrogen) atoms. The van der Waals surface area contributed by atoms with Crippen LogP contribution in [0.25, 0.3) is 0 Å². The van der Waals surface area contributed by atoms with E-state index in [1.165, 1.54) is 6.92 Å². The van der Waals surface area contributed by atoms with Crippen LogP contribution in [0.4, 0.5) is 0 Å². The Balaban J connectivity index is 2.73. The highest BCUT2D eigenvalue weighted by atomic mass is 16.5. The quantitative estimate of drug-likeness (QED) is 0.594.